The number of nitrogens with zero attached hydrogens (tertiary/aromatic N) is 2. The van der Waals surface area contributed by atoms with Crippen LogP contribution < -0.4 is 5.73 Å². The Bertz CT molecular complexity index is 894. The number of rotatable bonds is 6. The fourth-order valence-electron chi connectivity index (χ4n) is 2.95. The Labute approximate surface area is 141 Å². The number of hydrogen-bond donors (Lipinski definition) is 1. The van der Waals surface area contributed by atoms with Gasteiger partial charge in [-0.25, -0.2) is 4.98 Å². The molecule has 0 aliphatic carbocycles. The van der Waals surface area contributed by atoms with E-state index < -0.39 is 5.91 Å². The Morgan fingerprint density at radius 3 is 2.58 bits per heavy atom. The number of aromatic nitrogens is 2. The molecule has 0 aliphatic heterocycles. The van der Waals surface area contributed by atoms with E-state index in [1.807, 2.05) is 24.3 Å². The van der Waals surface area contributed by atoms with Crippen LogP contribution in [0.4, 0.5) is 0 Å². The largest absolute Gasteiger partial charge is 0.366 e. The fraction of sp³-hybridized carbons (Fsp3) is 0.200. The molecule has 0 radical (unpaired) electrons. The summed E-state index contributed by atoms with van der Waals surface area (Å²) in [6.45, 7) is 6.72. The highest BCUT2D eigenvalue weighted by atomic mass is 16.1. The van der Waals surface area contributed by atoms with E-state index in [0.717, 1.165) is 41.8 Å². The minimum atomic E-state index is -0.506. The van der Waals surface area contributed by atoms with Crippen molar-refractivity contribution in [1.82, 2.24) is 9.55 Å². The Morgan fingerprint density at radius 2 is 1.92 bits per heavy atom. The topological polar surface area (TPSA) is 60.9 Å². The summed E-state index contributed by atoms with van der Waals surface area (Å²) >= 11 is 0. The zero-order valence-electron chi connectivity index (χ0n) is 13.8. The standard InChI is InChI=1S/C20H21N3O/c1-3-23-18-11-10-16(14(2)20(21)24)13-17(18)22-19(23)12-9-15-7-5-4-6-8-15/h4-8,10-11,13H,2-3,9,12H2,1H3,(H2,21,24). The van der Waals surface area contributed by atoms with Gasteiger partial charge in [-0.1, -0.05) is 43.0 Å². The highest BCUT2D eigenvalue weighted by molar-refractivity contribution is 6.18. The summed E-state index contributed by atoms with van der Waals surface area (Å²) < 4.78 is 2.22. The van der Waals surface area contributed by atoms with Crippen LogP contribution in [0.15, 0.2) is 55.1 Å². The van der Waals surface area contributed by atoms with Crippen LogP contribution in [0, 0.1) is 0 Å². The maximum atomic E-state index is 11.3. The molecule has 2 N–H and O–H groups in total. The van der Waals surface area contributed by atoms with Gasteiger partial charge >= 0.3 is 0 Å². The van der Waals surface area contributed by atoms with Crippen molar-refractivity contribution in [2.24, 2.45) is 5.73 Å². The first-order chi connectivity index (χ1) is 11.6. The minimum absolute atomic E-state index is 0.314. The average Bonchev–Trinajstić information content (AvgIpc) is 2.96. The van der Waals surface area contributed by atoms with Crippen molar-refractivity contribution in [3.8, 4) is 0 Å². The third-order valence-corrected chi connectivity index (χ3v) is 4.27. The van der Waals surface area contributed by atoms with E-state index in [4.69, 9.17) is 10.7 Å². The molecule has 0 fully saturated rings. The van der Waals surface area contributed by atoms with E-state index in [1.54, 1.807) is 0 Å². The quantitative estimate of drug-likeness (QED) is 0.708. The van der Waals surface area contributed by atoms with Crippen LogP contribution >= 0.6 is 0 Å². The third kappa shape index (κ3) is 3.08. The predicted octanol–water partition coefficient (Wildman–Crippen LogP) is 3.34. The normalized spacial score (nSPS) is 10.9. The van der Waals surface area contributed by atoms with Gasteiger partial charge in [-0.3, -0.25) is 4.79 Å². The minimum Gasteiger partial charge on any atom is -0.366 e. The van der Waals surface area contributed by atoms with E-state index in [1.165, 1.54) is 5.56 Å². The summed E-state index contributed by atoms with van der Waals surface area (Å²) in [6.07, 6.45) is 1.82. The molecule has 0 atom stereocenters. The molecule has 1 aromatic heterocycles. The van der Waals surface area contributed by atoms with E-state index in [-0.39, 0.29) is 0 Å². The maximum Gasteiger partial charge on any atom is 0.248 e. The van der Waals surface area contributed by atoms with Gasteiger partial charge < -0.3 is 10.3 Å². The number of amides is 1. The maximum absolute atomic E-state index is 11.3. The first-order valence-electron chi connectivity index (χ1n) is 8.12. The summed E-state index contributed by atoms with van der Waals surface area (Å²) in [5.41, 5.74) is 9.61. The lowest BCUT2D eigenvalue weighted by Crippen LogP contribution is -2.11. The van der Waals surface area contributed by atoms with Crippen molar-refractivity contribution in [3.05, 3.63) is 72.1 Å². The molecule has 24 heavy (non-hydrogen) atoms. The Hall–Kier alpha value is -2.88. The monoisotopic (exact) mass is 319 g/mol. The zero-order valence-corrected chi connectivity index (χ0v) is 13.8. The lowest BCUT2D eigenvalue weighted by molar-refractivity contribution is -0.112. The van der Waals surface area contributed by atoms with Gasteiger partial charge in [-0.15, -0.1) is 0 Å². The number of fused-ring (bicyclic) bond motifs is 1. The Kier molecular flexibility index (Phi) is 4.47. The van der Waals surface area contributed by atoms with Crippen LogP contribution in [0.5, 0.6) is 0 Å². The number of primary amides is 1. The number of nitrogens with two attached hydrogens (primary N) is 1. The van der Waals surface area contributed by atoms with E-state index in [2.05, 4.69) is 42.3 Å². The number of hydrogen-bond acceptors (Lipinski definition) is 2. The van der Waals surface area contributed by atoms with Crippen molar-refractivity contribution in [2.45, 2.75) is 26.3 Å². The van der Waals surface area contributed by atoms with E-state index in [9.17, 15) is 4.79 Å². The average molecular weight is 319 g/mol. The van der Waals surface area contributed by atoms with E-state index in [0.29, 0.717) is 5.57 Å². The number of aryl methyl sites for hydroxylation is 3. The molecule has 4 heteroatoms. The molecular formula is C20H21N3O. The van der Waals surface area contributed by atoms with Crippen molar-refractivity contribution < 1.29 is 4.79 Å². The van der Waals surface area contributed by atoms with Crippen molar-refractivity contribution >= 4 is 22.5 Å². The summed E-state index contributed by atoms with van der Waals surface area (Å²) in [7, 11) is 0. The first-order valence-corrected chi connectivity index (χ1v) is 8.12. The van der Waals surface area contributed by atoms with Gasteiger partial charge in [-0.2, -0.15) is 0 Å². The Morgan fingerprint density at radius 1 is 1.17 bits per heavy atom. The molecular weight excluding hydrogens is 298 g/mol. The predicted molar refractivity (Wildman–Crippen MR) is 97.5 cm³/mol. The second-order valence-corrected chi connectivity index (χ2v) is 5.80. The fourth-order valence-corrected chi connectivity index (χ4v) is 2.95. The molecule has 0 spiro atoms. The van der Waals surface area contributed by atoms with Gasteiger partial charge in [-0.05, 0) is 36.6 Å². The molecule has 0 saturated heterocycles. The van der Waals surface area contributed by atoms with Gasteiger partial charge in [0.2, 0.25) is 5.91 Å². The molecule has 1 amide bonds. The second-order valence-electron chi connectivity index (χ2n) is 5.80. The smallest absolute Gasteiger partial charge is 0.248 e. The van der Waals surface area contributed by atoms with Crippen LogP contribution in [0.1, 0.15) is 23.9 Å². The molecule has 0 aliphatic rings. The van der Waals surface area contributed by atoms with Crippen LogP contribution in [-0.2, 0) is 24.2 Å². The van der Waals surface area contributed by atoms with Crippen LogP contribution in [0.2, 0.25) is 0 Å². The molecule has 4 nitrogen and oxygen atoms in total. The lowest BCUT2D eigenvalue weighted by Gasteiger charge is -2.06. The molecule has 3 aromatic rings. The second kappa shape index (κ2) is 6.71. The molecule has 3 rings (SSSR count). The highest BCUT2D eigenvalue weighted by Crippen LogP contribution is 2.22. The molecule has 0 unspecified atom stereocenters. The van der Waals surface area contributed by atoms with Crippen LogP contribution in [0.3, 0.4) is 0 Å². The Balaban J connectivity index is 1.93. The number of carbonyl (C=O) groups is 1. The van der Waals surface area contributed by atoms with Crippen LogP contribution in [-0.4, -0.2) is 15.5 Å². The highest BCUT2D eigenvalue weighted by Gasteiger charge is 2.12. The van der Waals surface area contributed by atoms with Crippen molar-refractivity contribution in [2.75, 3.05) is 0 Å². The lowest BCUT2D eigenvalue weighted by atomic mass is 10.1. The molecule has 2 aromatic carbocycles. The number of imidazole rings is 1. The van der Waals surface area contributed by atoms with E-state index >= 15 is 0 Å². The molecule has 0 saturated carbocycles. The van der Waals surface area contributed by atoms with Crippen molar-refractivity contribution in [1.29, 1.82) is 0 Å². The van der Waals surface area contributed by atoms with Crippen molar-refractivity contribution in [3.63, 3.8) is 0 Å². The molecule has 1 heterocycles. The van der Waals surface area contributed by atoms with Gasteiger partial charge in [0.05, 0.1) is 11.0 Å². The summed E-state index contributed by atoms with van der Waals surface area (Å²) in [5, 5.41) is 0. The van der Waals surface area contributed by atoms with Gasteiger partial charge in [0, 0.05) is 18.5 Å². The first kappa shape index (κ1) is 16.0. The molecule has 0 bridgehead atoms. The summed E-state index contributed by atoms with van der Waals surface area (Å²) in [4.78, 5) is 16.1. The van der Waals surface area contributed by atoms with Crippen LogP contribution in [0.25, 0.3) is 16.6 Å². The van der Waals surface area contributed by atoms with Gasteiger partial charge in [0.15, 0.2) is 0 Å². The number of benzene rings is 2. The zero-order chi connectivity index (χ0) is 17.1. The van der Waals surface area contributed by atoms with Gasteiger partial charge in [0.25, 0.3) is 0 Å². The summed E-state index contributed by atoms with van der Waals surface area (Å²) in [5.74, 6) is 0.548. The number of carbonyl (C=O) groups excluding carboxylic acids is 1. The molecule has 122 valence electrons. The van der Waals surface area contributed by atoms with Gasteiger partial charge in [0.1, 0.15) is 5.82 Å². The SMILES string of the molecule is C=C(C(N)=O)c1ccc2c(c1)nc(CCc1ccccc1)n2CC. The third-order valence-electron chi connectivity index (χ3n) is 4.27. The summed E-state index contributed by atoms with van der Waals surface area (Å²) in [6, 6.07) is 16.2.